The van der Waals surface area contributed by atoms with E-state index in [-0.39, 0.29) is 6.42 Å². The predicted octanol–water partition coefficient (Wildman–Crippen LogP) is 2.45. The number of methoxy groups -OCH3 is 3. The minimum Gasteiger partial charge on any atom is -0.496 e. The Labute approximate surface area is 128 Å². The molecule has 0 atom stereocenters. The quantitative estimate of drug-likeness (QED) is 0.334. The minimum absolute atomic E-state index is 0.0784. The Balaban J connectivity index is 3.32. The normalized spacial score (nSPS) is 10.6. The van der Waals surface area contributed by atoms with Gasteiger partial charge in [0.25, 0.3) is 0 Å². The lowest BCUT2D eigenvalue weighted by Crippen LogP contribution is -2.44. The Morgan fingerprint density at radius 2 is 1.76 bits per heavy atom. The van der Waals surface area contributed by atoms with Crippen molar-refractivity contribution in [2.24, 2.45) is 0 Å². The van der Waals surface area contributed by atoms with Crippen LogP contribution in [0.4, 0.5) is 0 Å². The first kappa shape index (κ1) is 17.1. The van der Waals surface area contributed by atoms with E-state index in [2.05, 4.69) is 6.58 Å². The van der Waals surface area contributed by atoms with Crippen LogP contribution < -0.4 is 4.74 Å². The Bertz CT molecular complexity index is 511. The summed E-state index contributed by atoms with van der Waals surface area (Å²) in [5, 5.41) is 0. The highest BCUT2D eigenvalue weighted by atomic mass is 32.2. The van der Waals surface area contributed by atoms with Crippen molar-refractivity contribution in [1.29, 1.82) is 0 Å². The highest BCUT2D eigenvalue weighted by Crippen LogP contribution is 2.42. The summed E-state index contributed by atoms with van der Waals surface area (Å²) in [5.74, 6) is -0.820. The van der Waals surface area contributed by atoms with Gasteiger partial charge in [-0.1, -0.05) is 30.0 Å². The molecule has 1 aromatic rings. The van der Waals surface area contributed by atoms with Crippen molar-refractivity contribution >= 4 is 23.7 Å². The molecule has 21 heavy (non-hydrogen) atoms. The van der Waals surface area contributed by atoms with Crippen molar-refractivity contribution in [1.82, 2.24) is 0 Å². The van der Waals surface area contributed by atoms with E-state index in [1.54, 1.807) is 24.3 Å². The van der Waals surface area contributed by atoms with Crippen molar-refractivity contribution in [3.63, 3.8) is 0 Å². The number of benzene rings is 1. The van der Waals surface area contributed by atoms with Crippen LogP contribution in [0.3, 0.4) is 0 Å². The number of allylic oxidation sites excluding steroid dienone is 1. The summed E-state index contributed by atoms with van der Waals surface area (Å²) in [6, 6.07) is 7.09. The first-order valence-electron chi connectivity index (χ1n) is 6.15. The molecule has 0 unspecified atom stereocenters. The highest BCUT2D eigenvalue weighted by Gasteiger charge is 2.49. The first-order valence-corrected chi connectivity index (χ1v) is 6.97. The zero-order valence-corrected chi connectivity index (χ0v) is 13.1. The van der Waals surface area contributed by atoms with Gasteiger partial charge in [-0.2, -0.15) is 0 Å². The third-order valence-corrected chi connectivity index (χ3v) is 4.22. The first-order chi connectivity index (χ1) is 10.1. The molecule has 0 aliphatic rings. The standard InChI is InChI=1S/C15H18O5S/c1-5-10-15(13(16)19-3,14(17)20-4)21-12-9-7-6-8-11(12)18-2/h5-9H,1,10H2,2-4H3. The summed E-state index contributed by atoms with van der Waals surface area (Å²) in [6.07, 6.45) is 1.56. The van der Waals surface area contributed by atoms with E-state index >= 15 is 0 Å². The second-order valence-corrected chi connectivity index (χ2v) is 5.40. The number of carbonyl (C=O) groups is 2. The smallest absolute Gasteiger partial charge is 0.334 e. The van der Waals surface area contributed by atoms with E-state index in [9.17, 15) is 9.59 Å². The second-order valence-electron chi connectivity index (χ2n) is 4.06. The van der Waals surface area contributed by atoms with Gasteiger partial charge >= 0.3 is 11.9 Å². The number of thioether (sulfide) groups is 1. The van der Waals surface area contributed by atoms with Crippen LogP contribution in [-0.2, 0) is 19.1 Å². The van der Waals surface area contributed by atoms with E-state index < -0.39 is 16.7 Å². The number of carbonyl (C=O) groups excluding carboxylic acids is 2. The lowest BCUT2D eigenvalue weighted by atomic mass is 10.1. The fourth-order valence-corrected chi connectivity index (χ4v) is 3.11. The maximum Gasteiger partial charge on any atom is 0.334 e. The van der Waals surface area contributed by atoms with Crippen LogP contribution in [0.25, 0.3) is 0 Å². The molecule has 6 heteroatoms. The summed E-state index contributed by atoms with van der Waals surface area (Å²) in [4.78, 5) is 25.0. The molecule has 0 aliphatic heterocycles. The molecule has 0 saturated heterocycles. The zero-order valence-electron chi connectivity index (χ0n) is 12.3. The van der Waals surface area contributed by atoms with Crippen molar-refractivity contribution in [3.8, 4) is 5.75 Å². The maximum atomic E-state index is 12.2. The van der Waals surface area contributed by atoms with Crippen LogP contribution in [0, 0.1) is 0 Å². The van der Waals surface area contributed by atoms with Gasteiger partial charge in [0.05, 0.1) is 26.2 Å². The van der Waals surface area contributed by atoms with Gasteiger partial charge in [-0.05, 0) is 12.1 Å². The Hall–Kier alpha value is -1.95. The third kappa shape index (κ3) is 3.58. The van der Waals surface area contributed by atoms with Crippen LogP contribution in [0.15, 0.2) is 41.8 Å². The fourth-order valence-electron chi connectivity index (χ4n) is 1.80. The van der Waals surface area contributed by atoms with E-state index in [1.165, 1.54) is 27.4 Å². The third-order valence-electron chi connectivity index (χ3n) is 2.82. The lowest BCUT2D eigenvalue weighted by molar-refractivity contribution is -0.155. The molecule has 1 rings (SSSR count). The van der Waals surface area contributed by atoms with Crippen LogP contribution in [0.1, 0.15) is 6.42 Å². The highest BCUT2D eigenvalue weighted by molar-refractivity contribution is 8.02. The molecular formula is C15H18O5S. The molecule has 114 valence electrons. The summed E-state index contributed by atoms with van der Waals surface area (Å²) in [6.45, 7) is 3.60. The molecule has 0 aromatic heterocycles. The zero-order chi connectivity index (χ0) is 15.9. The van der Waals surface area contributed by atoms with Crippen molar-refractivity contribution < 1.29 is 23.8 Å². The van der Waals surface area contributed by atoms with Gasteiger partial charge in [-0.3, -0.25) is 0 Å². The SMILES string of the molecule is C=CCC(Sc1ccccc1OC)(C(=O)OC)C(=O)OC. The van der Waals surface area contributed by atoms with Gasteiger partial charge in [-0.25, -0.2) is 9.59 Å². The molecular weight excluding hydrogens is 292 g/mol. The predicted molar refractivity (Wildman–Crippen MR) is 80.4 cm³/mol. The van der Waals surface area contributed by atoms with E-state index in [0.29, 0.717) is 10.6 Å². The molecule has 0 aliphatic carbocycles. The van der Waals surface area contributed by atoms with Crippen molar-refractivity contribution in [2.75, 3.05) is 21.3 Å². The lowest BCUT2D eigenvalue weighted by Gasteiger charge is -2.26. The van der Waals surface area contributed by atoms with Crippen LogP contribution in [0.5, 0.6) is 5.75 Å². The number of rotatable bonds is 7. The minimum atomic E-state index is -1.54. The Kier molecular flexibility index (Phi) is 6.30. The number of hydrogen-bond acceptors (Lipinski definition) is 6. The molecule has 0 amide bonds. The molecule has 1 aromatic carbocycles. The van der Waals surface area contributed by atoms with Gasteiger partial charge in [0.15, 0.2) is 0 Å². The largest absolute Gasteiger partial charge is 0.496 e. The molecule has 0 radical (unpaired) electrons. The average molecular weight is 310 g/mol. The monoisotopic (exact) mass is 310 g/mol. The van der Waals surface area contributed by atoms with Crippen LogP contribution in [-0.4, -0.2) is 38.0 Å². The molecule has 5 nitrogen and oxygen atoms in total. The Morgan fingerprint density at radius 3 is 2.24 bits per heavy atom. The summed E-state index contributed by atoms with van der Waals surface area (Å²) in [7, 11) is 3.97. The van der Waals surface area contributed by atoms with E-state index in [1.807, 2.05) is 0 Å². The topological polar surface area (TPSA) is 61.8 Å². The number of ether oxygens (including phenoxy) is 3. The van der Waals surface area contributed by atoms with Gasteiger partial charge < -0.3 is 14.2 Å². The summed E-state index contributed by atoms with van der Waals surface area (Å²) < 4.78 is 13.3. The Morgan fingerprint density at radius 1 is 1.19 bits per heavy atom. The van der Waals surface area contributed by atoms with Crippen LogP contribution >= 0.6 is 11.8 Å². The molecule has 0 fully saturated rings. The average Bonchev–Trinajstić information content (AvgIpc) is 2.53. The maximum absolute atomic E-state index is 12.2. The van der Waals surface area contributed by atoms with E-state index in [0.717, 1.165) is 11.8 Å². The molecule has 0 N–H and O–H groups in total. The molecule has 0 spiro atoms. The van der Waals surface area contributed by atoms with E-state index in [4.69, 9.17) is 14.2 Å². The van der Waals surface area contributed by atoms with Crippen molar-refractivity contribution in [3.05, 3.63) is 36.9 Å². The summed E-state index contributed by atoms with van der Waals surface area (Å²) in [5.41, 5.74) is 0. The van der Waals surface area contributed by atoms with Gasteiger partial charge in [-0.15, -0.1) is 6.58 Å². The summed E-state index contributed by atoms with van der Waals surface area (Å²) >= 11 is 1.03. The number of para-hydroxylation sites is 1. The van der Waals surface area contributed by atoms with Gasteiger partial charge in [0.2, 0.25) is 4.75 Å². The number of hydrogen-bond donors (Lipinski definition) is 0. The fraction of sp³-hybridized carbons (Fsp3) is 0.333. The van der Waals surface area contributed by atoms with Crippen molar-refractivity contribution in [2.45, 2.75) is 16.1 Å². The molecule has 0 heterocycles. The molecule has 0 bridgehead atoms. The molecule has 0 saturated carbocycles. The van der Waals surface area contributed by atoms with Crippen LogP contribution in [0.2, 0.25) is 0 Å². The van der Waals surface area contributed by atoms with Gasteiger partial charge in [0, 0.05) is 6.42 Å². The second kappa shape index (κ2) is 7.73. The van der Waals surface area contributed by atoms with Gasteiger partial charge in [0.1, 0.15) is 5.75 Å². The number of esters is 2.